The summed E-state index contributed by atoms with van der Waals surface area (Å²) in [5.41, 5.74) is 2.94. The molecule has 0 bridgehead atoms. The maximum atomic E-state index is 12.9. The second-order valence-electron chi connectivity index (χ2n) is 8.30. The zero-order chi connectivity index (χ0) is 22.4. The first kappa shape index (κ1) is 21.0. The molecule has 2 aromatic heterocycles. The average molecular weight is 471 g/mol. The van der Waals surface area contributed by atoms with Gasteiger partial charge in [-0.15, -0.1) is 11.3 Å². The van der Waals surface area contributed by atoms with E-state index in [-0.39, 0.29) is 17.9 Å². The van der Waals surface area contributed by atoms with Crippen LogP contribution in [-0.4, -0.2) is 64.8 Å². The van der Waals surface area contributed by atoms with Crippen molar-refractivity contribution in [1.82, 2.24) is 30.4 Å². The number of hydrogen-bond acceptors (Lipinski definition) is 6. The third-order valence-corrected chi connectivity index (χ3v) is 7.03. The zero-order valence-electron chi connectivity index (χ0n) is 17.7. The molecule has 2 amide bonds. The highest BCUT2D eigenvalue weighted by atomic mass is 35.5. The first-order valence-electron chi connectivity index (χ1n) is 10.4. The molecule has 8 nitrogen and oxygen atoms in total. The average Bonchev–Trinajstić information content (AvgIpc) is 3.44. The summed E-state index contributed by atoms with van der Waals surface area (Å²) in [6.07, 6.45) is 2.70. The Morgan fingerprint density at radius 1 is 1.25 bits per heavy atom. The maximum absolute atomic E-state index is 12.9. The van der Waals surface area contributed by atoms with Crippen molar-refractivity contribution in [2.45, 2.75) is 19.0 Å². The fraction of sp³-hybridized carbons (Fsp3) is 0.318. The SMILES string of the molecule is CN1C=C(NC(=O)c2nc3c(s2)CN(C)CC3)[C@H](NC(=O)c2cc3cc(Cl)ccc3[nH]2)C1. The van der Waals surface area contributed by atoms with Gasteiger partial charge in [-0.25, -0.2) is 4.98 Å². The molecule has 3 aromatic rings. The Morgan fingerprint density at radius 2 is 2.09 bits per heavy atom. The number of carbonyl (C=O) groups is 2. The number of nitrogens with one attached hydrogen (secondary N) is 3. The van der Waals surface area contributed by atoms with Crippen molar-refractivity contribution in [2.75, 3.05) is 27.2 Å². The number of aromatic nitrogens is 2. The Hall–Kier alpha value is -2.88. The van der Waals surface area contributed by atoms with E-state index in [9.17, 15) is 9.59 Å². The highest BCUT2D eigenvalue weighted by Gasteiger charge is 2.28. The van der Waals surface area contributed by atoms with E-state index in [0.29, 0.717) is 28.0 Å². The number of rotatable bonds is 4. The van der Waals surface area contributed by atoms with Crippen molar-refractivity contribution < 1.29 is 9.59 Å². The highest BCUT2D eigenvalue weighted by molar-refractivity contribution is 7.13. The molecule has 0 saturated carbocycles. The van der Waals surface area contributed by atoms with E-state index >= 15 is 0 Å². The number of carbonyl (C=O) groups excluding carboxylic acids is 2. The van der Waals surface area contributed by atoms with Gasteiger partial charge in [-0.3, -0.25) is 9.59 Å². The summed E-state index contributed by atoms with van der Waals surface area (Å²) in [7, 11) is 3.97. The molecule has 5 rings (SSSR count). The molecule has 3 N–H and O–H groups in total. The first-order chi connectivity index (χ1) is 15.4. The number of hydrogen-bond donors (Lipinski definition) is 3. The molecule has 10 heteroatoms. The minimum Gasteiger partial charge on any atom is -0.376 e. The number of nitrogens with zero attached hydrogens (tertiary/aromatic N) is 3. The van der Waals surface area contributed by atoms with Gasteiger partial charge in [0.1, 0.15) is 5.69 Å². The van der Waals surface area contributed by atoms with Gasteiger partial charge in [-0.2, -0.15) is 0 Å². The van der Waals surface area contributed by atoms with Crippen LogP contribution in [-0.2, 0) is 13.0 Å². The van der Waals surface area contributed by atoms with Gasteiger partial charge in [0.25, 0.3) is 11.8 Å². The molecule has 4 heterocycles. The van der Waals surface area contributed by atoms with Crippen LogP contribution in [0.15, 0.2) is 36.2 Å². The molecule has 0 fully saturated rings. The smallest absolute Gasteiger partial charge is 0.284 e. The van der Waals surface area contributed by atoms with Gasteiger partial charge in [0.05, 0.1) is 17.4 Å². The van der Waals surface area contributed by atoms with Crippen LogP contribution < -0.4 is 10.6 Å². The van der Waals surface area contributed by atoms with Gasteiger partial charge in [-0.1, -0.05) is 11.6 Å². The van der Waals surface area contributed by atoms with E-state index in [0.717, 1.165) is 41.0 Å². The lowest BCUT2D eigenvalue weighted by Gasteiger charge is -2.20. The van der Waals surface area contributed by atoms with Gasteiger partial charge in [0.15, 0.2) is 5.01 Å². The lowest BCUT2D eigenvalue weighted by molar-refractivity contribution is 0.0921. The Balaban J connectivity index is 1.29. The first-order valence-corrected chi connectivity index (χ1v) is 11.5. The van der Waals surface area contributed by atoms with Crippen LogP contribution in [0.5, 0.6) is 0 Å². The Bertz CT molecular complexity index is 1250. The minimum absolute atomic E-state index is 0.242. The topological polar surface area (TPSA) is 93.4 Å². The van der Waals surface area contributed by atoms with Gasteiger partial charge in [-0.05, 0) is 31.3 Å². The molecule has 1 atom stereocenters. The predicted molar refractivity (Wildman–Crippen MR) is 125 cm³/mol. The lowest BCUT2D eigenvalue weighted by atomic mass is 10.2. The molecule has 0 unspecified atom stereocenters. The second kappa shape index (κ2) is 8.23. The van der Waals surface area contributed by atoms with Gasteiger partial charge in [0.2, 0.25) is 0 Å². The molecule has 166 valence electrons. The maximum Gasteiger partial charge on any atom is 0.284 e. The summed E-state index contributed by atoms with van der Waals surface area (Å²) in [5.74, 6) is -0.487. The molecule has 2 aliphatic heterocycles. The summed E-state index contributed by atoms with van der Waals surface area (Å²) in [5, 5.41) is 7.91. The van der Waals surface area contributed by atoms with Crippen molar-refractivity contribution >= 4 is 45.7 Å². The number of thiazole rings is 1. The predicted octanol–water partition coefficient (Wildman–Crippen LogP) is 2.58. The van der Waals surface area contributed by atoms with Crippen molar-refractivity contribution in [1.29, 1.82) is 0 Å². The number of amides is 2. The molecule has 0 radical (unpaired) electrons. The molecule has 0 spiro atoms. The van der Waals surface area contributed by atoms with Crippen LogP contribution in [0, 0.1) is 0 Å². The largest absolute Gasteiger partial charge is 0.376 e. The highest BCUT2D eigenvalue weighted by Crippen LogP contribution is 2.25. The van der Waals surface area contributed by atoms with Crippen molar-refractivity contribution in [3.63, 3.8) is 0 Å². The number of fused-ring (bicyclic) bond motifs is 2. The second-order valence-corrected chi connectivity index (χ2v) is 9.82. The third kappa shape index (κ3) is 4.11. The van der Waals surface area contributed by atoms with Gasteiger partial charge < -0.3 is 25.4 Å². The van der Waals surface area contributed by atoms with E-state index in [1.54, 1.807) is 12.1 Å². The molecule has 1 aromatic carbocycles. The number of H-pyrrole nitrogens is 1. The van der Waals surface area contributed by atoms with Crippen LogP contribution in [0.3, 0.4) is 0 Å². The third-order valence-electron chi connectivity index (χ3n) is 5.71. The van der Waals surface area contributed by atoms with Crippen LogP contribution in [0.25, 0.3) is 10.9 Å². The van der Waals surface area contributed by atoms with Crippen molar-refractivity contribution in [3.8, 4) is 0 Å². The number of likely N-dealkylation sites (N-methyl/N-ethyl adjacent to an activating group) is 2. The summed E-state index contributed by atoms with van der Waals surface area (Å²) < 4.78 is 0. The van der Waals surface area contributed by atoms with Gasteiger partial charge in [0, 0.05) is 60.1 Å². The summed E-state index contributed by atoms with van der Waals surface area (Å²) in [4.78, 5) is 38.7. The quantitative estimate of drug-likeness (QED) is 0.545. The Kier molecular flexibility index (Phi) is 5.40. The summed E-state index contributed by atoms with van der Waals surface area (Å²) >= 11 is 7.48. The minimum atomic E-state index is -0.341. The fourth-order valence-electron chi connectivity index (χ4n) is 4.08. The van der Waals surface area contributed by atoms with Crippen molar-refractivity contribution in [3.05, 3.63) is 62.5 Å². The van der Waals surface area contributed by atoms with Crippen LogP contribution in [0.2, 0.25) is 5.02 Å². The molecule has 0 aliphatic carbocycles. The standard InChI is InChI=1S/C22H23ClN6O2S/c1-28-6-5-15-19(11-28)32-22(27-15)21(31)26-18-10-29(2)9-17(18)25-20(30)16-8-12-7-13(23)3-4-14(12)24-16/h3-4,7-8,10,17,24H,5-6,9,11H2,1-2H3,(H,25,30)(H,26,31)/t17-/m1/s1. The van der Waals surface area contributed by atoms with E-state index in [4.69, 9.17) is 11.6 Å². The van der Waals surface area contributed by atoms with Crippen LogP contribution in [0.1, 0.15) is 30.9 Å². The molecular formula is C22H23ClN6O2S. The molecular weight excluding hydrogens is 448 g/mol. The monoisotopic (exact) mass is 470 g/mol. The fourth-order valence-corrected chi connectivity index (χ4v) is 5.34. The molecule has 0 saturated heterocycles. The van der Waals surface area contributed by atoms with E-state index in [2.05, 4.69) is 32.5 Å². The summed E-state index contributed by atoms with van der Waals surface area (Å²) in [6.45, 7) is 2.33. The van der Waals surface area contributed by atoms with E-state index in [1.165, 1.54) is 11.3 Å². The van der Waals surface area contributed by atoms with E-state index < -0.39 is 0 Å². The summed E-state index contributed by atoms with van der Waals surface area (Å²) in [6, 6.07) is 6.86. The molecule has 32 heavy (non-hydrogen) atoms. The lowest BCUT2D eigenvalue weighted by Crippen LogP contribution is -2.43. The molecule has 2 aliphatic rings. The Labute approximate surface area is 194 Å². The van der Waals surface area contributed by atoms with E-state index in [1.807, 2.05) is 30.3 Å². The van der Waals surface area contributed by atoms with Crippen molar-refractivity contribution in [2.24, 2.45) is 0 Å². The Morgan fingerprint density at radius 3 is 2.94 bits per heavy atom. The number of halogens is 1. The van der Waals surface area contributed by atoms with Crippen LogP contribution in [0.4, 0.5) is 0 Å². The normalized spacial score (nSPS) is 18.5. The number of benzene rings is 1. The van der Waals surface area contributed by atoms with Crippen LogP contribution >= 0.6 is 22.9 Å². The zero-order valence-corrected chi connectivity index (χ0v) is 19.3. The van der Waals surface area contributed by atoms with Gasteiger partial charge >= 0.3 is 0 Å². The number of aromatic amines is 1.